The minimum absolute atomic E-state index is 0. The van der Waals surface area contributed by atoms with Gasteiger partial charge in [0.1, 0.15) is 13.2 Å². The van der Waals surface area contributed by atoms with Gasteiger partial charge in [0, 0.05) is 12.1 Å². The number of ether oxygens (including phenoxy) is 2. The van der Waals surface area contributed by atoms with Gasteiger partial charge < -0.3 is 15.2 Å². The molecular formula is C21H20Cl3NO2. The molecule has 0 atom stereocenters. The van der Waals surface area contributed by atoms with Gasteiger partial charge in [-0.2, -0.15) is 0 Å². The van der Waals surface area contributed by atoms with Gasteiger partial charge in [0.05, 0.1) is 10.0 Å². The fourth-order valence-corrected chi connectivity index (χ4v) is 2.95. The lowest BCUT2D eigenvalue weighted by molar-refractivity contribution is 0.266. The molecule has 0 saturated carbocycles. The van der Waals surface area contributed by atoms with Crippen molar-refractivity contribution in [2.45, 2.75) is 6.61 Å². The first-order chi connectivity index (χ1) is 12.7. The lowest BCUT2D eigenvalue weighted by atomic mass is 10.0. The average molecular weight is 425 g/mol. The van der Waals surface area contributed by atoms with E-state index in [1.165, 1.54) is 0 Å². The minimum atomic E-state index is 0. The molecule has 3 aromatic carbocycles. The highest BCUT2D eigenvalue weighted by molar-refractivity contribution is 6.43. The van der Waals surface area contributed by atoms with Crippen LogP contribution in [0.3, 0.4) is 0 Å². The van der Waals surface area contributed by atoms with Gasteiger partial charge in [-0.25, -0.2) is 0 Å². The third kappa shape index (κ3) is 5.53. The van der Waals surface area contributed by atoms with Crippen LogP contribution in [0.1, 0.15) is 5.56 Å². The van der Waals surface area contributed by atoms with Crippen molar-refractivity contribution in [2.24, 2.45) is 5.73 Å². The van der Waals surface area contributed by atoms with E-state index >= 15 is 0 Å². The van der Waals surface area contributed by atoms with E-state index in [-0.39, 0.29) is 12.4 Å². The molecule has 0 unspecified atom stereocenters. The lowest BCUT2D eigenvalue weighted by Gasteiger charge is -2.15. The van der Waals surface area contributed by atoms with Crippen molar-refractivity contribution in [3.05, 3.63) is 82.3 Å². The fraction of sp³-hybridized carbons (Fsp3) is 0.143. The van der Waals surface area contributed by atoms with Crippen molar-refractivity contribution in [3.8, 4) is 22.6 Å². The Hall–Kier alpha value is -1.91. The summed E-state index contributed by atoms with van der Waals surface area (Å²) >= 11 is 12.5. The van der Waals surface area contributed by atoms with Gasteiger partial charge in [0.2, 0.25) is 0 Å². The Balaban J connectivity index is 0.00000261. The van der Waals surface area contributed by atoms with Crippen LogP contribution in [0.5, 0.6) is 11.5 Å². The van der Waals surface area contributed by atoms with E-state index < -0.39 is 0 Å². The molecule has 0 spiro atoms. The van der Waals surface area contributed by atoms with Crippen LogP contribution in [-0.4, -0.2) is 13.2 Å². The van der Waals surface area contributed by atoms with E-state index in [0.717, 1.165) is 16.7 Å². The number of hydrogen-bond donors (Lipinski definition) is 1. The van der Waals surface area contributed by atoms with Crippen molar-refractivity contribution in [1.29, 1.82) is 0 Å². The van der Waals surface area contributed by atoms with Gasteiger partial charge in [-0.3, -0.25) is 0 Å². The average Bonchev–Trinajstić information content (AvgIpc) is 2.68. The molecule has 142 valence electrons. The minimum Gasteiger partial charge on any atom is -0.488 e. The molecule has 0 heterocycles. The molecule has 27 heavy (non-hydrogen) atoms. The second-order valence-corrected chi connectivity index (χ2v) is 6.46. The summed E-state index contributed by atoms with van der Waals surface area (Å²) in [6, 6.07) is 21.2. The molecule has 2 N–H and O–H groups in total. The maximum absolute atomic E-state index is 6.36. The number of benzene rings is 3. The van der Waals surface area contributed by atoms with Crippen LogP contribution < -0.4 is 15.2 Å². The highest BCUT2D eigenvalue weighted by Gasteiger charge is 2.12. The molecule has 0 bridgehead atoms. The summed E-state index contributed by atoms with van der Waals surface area (Å²) in [5.41, 5.74) is 8.37. The molecule has 0 amide bonds. The van der Waals surface area contributed by atoms with Crippen LogP contribution in [-0.2, 0) is 6.61 Å². The van der Waals surface area contributed by atoms with Crippen molar-refractivity contribution >= 4 is 35.6 Å². The SMILES string of the molecule is Cl.NCCOc1ccc(-c2cccc(Cl)c2Cl)cc1OCc1ccccc1. The van der Waals surface area contributed by atoms with Crippen molar-refractivity contribution in [2.75, 3.05) is 13.2 Å². The quantitative estimate of drug-likeness (QED) is 0.506. The number of nitrogens with two attached hydrogens (primary N) is 1. The summed E-state index contributed by atoms with van der Waals surface area (Å²) in [6.45, 7) is 1.28. The maximum atomic E-state index is 6.36. The van der Waals surface area contributed by atoms with Crippen LogP contribution in [0.15, 0.2) is 66.7 Å². The maximum Gasteiger partial charge on any atom is 0.162 e. The fourth-order valence-electron chi connectivity index (χ4n) is 2.54. The number of rotatable bonds is 7. The molecule has 0 aliphatic rings. The molecule has 0 radical (unpaired) electrons. The van der Waals surface area contributed by atoms with Crippen molar-refractivity contribution in [1.82, 2.24) is 0 Å². The summed E-state index contributed by atoms with van der Waals surface area (Å²) < 4.78 is 11.7. The first-order valence-electron chi connectivity index (χ1n) is 8.27. The summed E-state index contributed by atoms with van der Waals surface area (Å²) in [4.78, 5) is 0. The van der Waals surface area contributed by atoms with Gasteiger partial charge in [0.25, 0.3) is 0 Å². The molecule has 3 aromatic rings. The molecule has 0 aromatic heterocycles. The number of halogens is 3. The second-order valence-electron chi connectivity index (χ2n) is 5.67. The van der Waals surface area contributed by atoms with Crippen LogP contribution in [0, 0.1) is 0 Å². The largest absolute Gasteiger partial charge is 0.488 e. The topological polar surface area (TPSA) is 44.5 Å². The predicted octanol–water partition coefficient (Wildman–Crippen LogP) is 6.00. The third-order valence-corrected chi connectivity index (χ3v) is 4.64. The number of hydrogen-bond acceptors (Lipinski definition) is 3. The van der Waals surface area contributed by atoms with Gasteiger partial charge in [-0.15, -0.1) is 12.4 Å². The second kappa shape index (κ2) is 10.4. The molecule has 0 aliphatic heterocycles. The Morgan fingerprint density at radius 2 is 1.59 bits per heavy atom. The van der Waals surface area contributed by atoms with Gasteiger partial charge in [0.15, 0.2) is 11.5 Å². The Morgan fingerprint density at radius 3 is 2.33 bits per heavy atom. The Morgan fingerprint density at radius 1 is 0.815 bits per heavy atom. The molecule has 0 aliphatic carbocycles. The van der Waals surface area contributed by atoms with E-state index in [4.69, 9.17) is 38.4 Å². The summed E-state index contributed by atoms with van der Waals surface area (Å²) in [7, 11) is 0. The van der Waals surface area contributed by atoms with Gasteiger partial charge in [-0.1, -0.05) is 71.7 Å². The molecular weight excluding hydrogens is 405 g/mol. The molecule has 3 nitrogen and oxygen atoms in total. The third-order valence-electron chi connectivity index (χ3n) is 3.82. The predicted molar refractivity (Wildman–Crippen MR) is 114 cm³/mol. The van der Waals surface area contributed by atoms with E-state index in [1.807, 2.05) is 60.7 Å². The van der Waals surface area contributed by atoms with Gasteiger partial charge in [-0.05, 0) is 29.3 Å². The zero-order chi connectivity index (χ0) is 18.4. The standard InChI is InChI=1S/C21H19Cl2NO2.ClH/c22-18-8-4-7-17(21(18)23)16-9-10-19(25-12-11-24)20(13-16)26-14-15-5-2-1-3-6-15;/h1-10,13H,11-12,14,24H2;1H. The van der Waals surface area contributed by atoms with Crippen LogP contribution >= 0.6 is 35.6 Å². The highest BCUT2D eigenvalue weighted by atomic mass is 35.5. The first kappa shape index (κ1) is 21.4. The van der Waals surface area contributed by atoms with E-state index in [0.29, 0.717) is 41.3 Å². The highest BCUT2D eigenvalue weighted by Crippen LogP contribution is 2.38. The first-order valence-corrected chi connectivity index (χ1v) is 9.02. The summed E-state index contributed by atoms with van der Waals surface area (Å²) in [5.74, 6) is 1.28. The normalized spacial score (nSPS) is 10.2. The van der Waals surface area contributed by atoms with E-state index in [1.54, 1.807) is 6.07 Å². The Bertz CT molecular complexity index is 873. The van der Waals surface area contributed by atoms with E-state index in [9.17, 15) is 0 Å². The zero-order valence-corrected chi connectivity index (χ0v) is 16.9. The molecule has 0 fully saturated rings. The summed E-state index contributed by atoms with van der Waals surface area (Å²) in [5, 5.41) is 1.03. The van der Waals surface area contributed by atoms with Gasteiger partial charge >= 0.3 is 0 Å². The van der Waals surface area contributed by atoms with Crippen molar-refractivity contribution < 1.29 is 9.47 Å². The van der Waals surface area contributed by atoms with Crippen LogP contribution in [0.4, 0.5) is 0 Å². The van der Waals surface area contributed by atoms with Crippen LogP contribution in [0.2, 0.25) is 10.0 Å². The van der Waals surface area contributed by atoms with Crippen molar-refractivity contribution in [3.63, 3.8) is 0 Å². The van der Waals surface area contributed by atoms with Crippen LogP contribution in [0.25, 0.3) is 11.1 Å². The smallest absolute Gasteiger partial charge is 0.162 e. The summed E-state index contributed by atoms with van der Waals surface area (Å²) in [6.07, 6.45) is 0. The zero-order valence-electron chi connectivity index (χ0n) is 14.5. The lowest BCUT2D eigenvalue weighted by Crippen LogP contribution is -2.11. The van der Waals surface area contributed by atoms with E-state index in [2.05, 4.69) is 0 Å². The monoisotopic (exact) mass is 423 g/mol. The molecule has 6 heteroatoms. The molecule has 0 saturated heterocycles. The Labute approximate surface area is 175 Å². The Kier molecular flexibility index (Phi) is 8.26. The molecule has 3 rings (SSSR count).